The van der Waals surface area contributed by atoms with Gasteiger partial charge in [-0.1, -0.05) is 6.07 Å². The predicted octanol–water partition coefficient (Wildman–Crippen LogP) is 5.44. The number of hydrogen-bond donors (Lipinski definition) is 2. The lowest BCUT2D eigenvalue weighted by molar-refractivity contribution is -0.133. The highest BCUT2D eigenvalue weighted by atomic mass is 19.4. The molecule has 6 rings (SSSR count). The Morgan fingerprint density at radius 2 is 1.95 bits per heavy atom. The van der Waals surface area contributed by atoms with Crippen LogP contribution in [0, 0.1) is 6.92 Å². The second-order valence-electron chi connectivity index (χ2n) is 10.3. The summed E-state index contributed by atoms with van der Waals surface area (Å²) in [5.41, 5.74) is 16.3. The van der Waals surface area contributed by atoms with Gasteiger partial charge in [0.15, 0.2) is 6.23 Å². The number of nitrogens with zero attached hydrogens (tertiary/aromatic N) is 4. The molecule has 0 radical (unpaired) electrons. The van der Waals surface area contributed by atoms with Gasteiger partial charge in [-0.25, -0.2) is 4.68 Å². The van der Waals surface area contributed by atoms with Crippen LogP contribution in [-0.4, -0.2) is 38.0 Å². The van der Waals surface area contributed by atoms with Crippen LogP contribution < -0.4 is 11.5 Å². The number of aromatic nitrogens is 4. The van der Waals surface area contributed by atoms with E-state index in [1.165, 1.54) is 6.20 Å². The summed E-state index contributed by atoms with van der Waals surface area (Å²) in [6.45, 7) is 2.55. The molecule has 0 spiro atoms. The monoisotopic (exact) mass is 526 g/mol. The number of fused-ring (bicyclic) bond motifs is 2. The number of pyridine rings is 1. The molecule has 1 aliphatic carbocycles. The Morgan fingerprint density at radius 3 is 2.61 bits per heavy atom. The molecule has 1 aliphatic heterocycles. The van der Waals surface area contributed by atoms with Crippen LogP contribution in [0.15, 0.2) is 24.5 Å². The molecule has 4 aromatic rings. The van der Waals surface area contributed by atoms with Crippen LogP contribution in [0.5, 0.6) is 0 Å². The number of aryl methyl sites for hydroxylation is 2. The summed E-state index contributed by atoms with van der Waals surface area (Å²) in [6, 6.07) is 3.88. The zero-order chi connectivity index (χ0) is 26.8. The van der Waals surface area contributed by atoms with Crippen molar-refractivity contribution in [1.82, 2.24) is 19.3 Å². The maximum Gasteiger partial charge on any atom is 0.389 e. The van der Waals surface area contributed by atoms with Crippen molar-refractivity contribution in [3.8, 4) is 5.69 Å². The van der Waals surface area contributed by atoms with Crippen molar-refractivity contribution >= 4 is 33.5 Å². The Kier molecular flexibility index (Phi) is 5.86. The fraction of sp³-hybridized carbons (Fsp3) is 0.444. The van der Waals surface area contributed by atoms with Crippen molar-refractivity contribution in [3.05, 3.63) is 46.9 Å². The molecule has 2 aliphatic rings. The minimum atomic E-state index is -4.35. The molecule has 1 saturated heterocycles. The zero-order valence-electron chi connectivity index (χ0n) is 21.0. The third kappa shape index (κ3) is 4.09. The molecular formula is C27H29F3N6O2. The molecule has 1 aromatic carbocycles. The van der Waals surface area contributed by atoms with Crippen LogP contribution in [0.3, 0.4) is 0 Å². The lowest BCUT2D eigenvalue weighted by Gasteiger charge is -2.23. The van der Waals surface area contributed by atoms with Crippen molar-refractivity contribution < 1.29 is 22.7 Å². The van der Waals surface area contributed by atoms with Gasteiger partial charge in [0, 0.05) is 41.6 Å². The molecule has 2 fully saturated rings. The summed E-state index contributed by atoms with van der Waals surface area (Å²) in [5.74, 6) is -0.592. The molecule has 200 valence electrons. The third-order valence-electron chi connectivity index (χ3n) is 7.65. The second kappa shape index (κ2) is 9.00. The van der Waals surface area contributed by atoms with Crippen molar-refractivity contribution in [2.75, 3.05) is 12.3 Å². The Hall–Kier alpha value is -3.60. The van der Waals surface area contributed by atoms with Crippen molar-refractivity contribution in [1.29, 1.82) is 0 Å². The van der Waals surface area contributed by atoms with E-state index >= 15 is 0 Å². The van der Waals surface area contributed by atoms with E-state index < -0.39 is 18.5 Å². The number of benzene rings is 1. The minimum absolute atomic E-state index is 0.0579. The average molecular weight is 527 g/mol. The highest BCUT2D eigenvalue weighted by Gasteiger charge is 2.35. The van der Waals surface area contributed by atoms with Gasteiger partial charge in [0.1, 0.15) is 5.82 Å². The number of amides is 1. The summed E-state index contributed by atoms with van der Waals surface area (Å²) in [4.78, 5) is 17.1. The maximum absolute atomic E-state index is 13.4. The topological polar surface area (TPSA) is 114 Å². The van der Waals surface area contributed by atoms with Crippen molar-refractivity contribution in [3.63, 3.8) is 0 Å². The van der Waals surface area contributed by atoms with Crippen LogP contribution in [0.25, 0.3) is 27.5 Å². The van der Waals surface area contributed by atoms with Crippen LogP contribution in [0.4, 0.5) is 19.0 Å². The molecule has 11 heteroatoms. The third-order valence-corrected chi connectivity index (χ3v) is 7.65. The number of nitrogen functional groups attached to an aromatic ring is 1. The maximum atomic E-state index is 13.4. The molecular weight excluding hydrogens is 497 g/mol. The lowest BCUT2D eigenvalue weighted by atomic mass is 10.0. The molecule has 3 aromatic heterocycles. The Balaban J connectivity index is 1.65. The van der Waals surface area contributed by atoms with Gasteiger partial charge in [0.25, 0.3) is 5.91 Å². The summed E-state index contributed by atoms with van der Waals surface area (Å²) in [5, 5.41) is 5.74. The molecule has 4 heterocycles. The number of primary amides is 1. The molecule has 1 amide bonds. The number of anilines is 1. The van der Waals surface area contributed by atoms with Crippen LogP contribution in [0.2, 0.25) is 0 Å². The van der Waals surface area contributed by atoms with E-state index in [0.717, 1.165) is 48.6 Å². The number of alkyl halides is 3. The van der Waals surface area contributed by atoms with E-state index in [1.54, 1.807) is 10.8 Å². The van der Waals surface area contributed by atoms with Crippen molar-refractivity contribution in [2.24, 2.45) is 5.73 Å². The van der Waals surface area contributed by atoms with E-state index in [9.17, 15) is 18.0 Å². The Bertz CT molecular complexity index is 1560. The molecule has 8 nitrogen and oxygen atoms in total. The highest BCUT2D eigenvalue weighted by Crippen LogP contribution is 2.46. The first-order valence-electron chi connectivity index (χ1n) is 12.9. The molecule has 38 heavy (non-hydrogen) atoms. The number of nitrogens with two attached hydrogens (primary N) is 2. The molecule has 1 saturated carbocycles. The van der Waals surface area contributed by atoms with Crippen LogP contribution in [0.1, 0.15) is 77.8 Å². The largest absolute Gasteiger partial charge is 0.389 e. The van der Waals surface area contributed by atoms with Crippen LogP contribution in [-0.2, 0) is 11.2 Å². The summed E-state index contributed by atoms with van der Waals surface area (Å²) in [6.07, 6.45) is 2.00. The second-order valence-corrected chi connectivity index (χ2v) is 10.3. The van der Waals surface area contributed by atoms with E-state index in [0.29, 0.717) is 34.5 Å². The van der Waals surface area contributed by atoms with Gasteiger partial charge in [0.05, 0.1) is 28.5 Å². The van der Waals surface area contributed by atoms with Gasteiger partial charge in [-0.15, -0.1) is 0 Å². The Labute approximate surface area is 216 Å². The lowest BCUT2D eigenvalue weighted by Crippen LogP contribution is -2.19. The minimum Gasteiger partial charge on any atom is -0.384 e. The molecule has 0 bridgehead atoms. The molecule has 4 N–H and O–H groups in total. The van der Waals surface area contributed by atoms with Gasteiger partial charge in [0.2, 0.25) is 0 Å². The fourth-order valence-electron chi connectivity index (χ4n) is 5.74. The average Bonchev–Trinajstić information content (AvgIpc) is 3.56. The van der Waals surface area contributed by atoms with E-state index in [4.69, 9.17) is 16.2 Å². The molecule has 1 unspecified atom stereocenters. The summed E-state index contributed by atoms with van der Waals surface area (Å²) >= 11 is 0. The number of hydrogen-bond acceptors (Lipinski definition) is 5. The van der Waals surface area contributed by atoms with Gasteiger partial charge in [-0.3, -0.25) is 14.3 Å². The standard InChI is InChI=1S/C27H29F3N6O2/c1-14-5-8-19-17(13-34-36(19)20-4-2-3-11-38-20)23(14)35-24-16(9-10-27(28,29)30)22(15-6-7-15)33-12-18(24)21(25(35)31)26(32)37/h5,8,12-13,15,20H,2-4,6-7,9-11,31H2,1H3,(H2,32,37). The first-order valence-corrected chi connectivity index (χ1v) is 12.9. The zero-order valence-corrected chi connectivity index (χ0v) is 21.0. The van der Waals surface area contributed by atoms with E-state index in [1.807, 2.05) is 23.7 Å². The normalized spacial score (nSPS) is 18.5. The van der Waals surface area contributed by atoms with E-state index in [-0.39, 0.29) is 29.9 Å². The Morgan fingerprint density at radius 1 is 1.16 bits per heavy atom. The van der Waals surface area contributed by atoms with Crippen molar-refractivity contribution in [2.45, 2.75) is 70.2 Å². The van der Waals surface area contributed by atoms with E-state index in [2.05, 4.69) is 10.1 Å². The van der Waals surface area contributed by atoms with Gasteiger partial charge in [-0.2, -0.15) is 18.3 Å². The fourth-order valence-corrected chi connectivity index (χ4v) is 5.74. The van der Waals surface area contributed by atoms with Crippen LogP contribution >= 0.6 is 0 Å². The van der Waals surface area contributed by atoms with Gasteiger partial charge >= 0.3 is 6.18 Å². The smallest absolute Gasteiger partial charge is 0.384 e. The number of carbonyl (C=O) groups is 1. The quantitative estimate of drug-likeness (QED) is 0.348. The molecule has 1 atom stereocenters. The predicted molar refractivity (Wildman–Crippen MR) is 137 cm³/mol. The SMILES string of the molecule is Cc1ccc2c(cnn2C2CCCCO2)c1-n1c(N)c(C(N)=O)c2cnc(C3CC3)c(CCC(F)(F)F)c21. The first-order chi connectivity index (χ1) is 18.2. The first kappa shape index (κ1) is 24.7. The van der Waals surface area contributed by atoms with Gasteiger partial charge < -0.3 is 16.2 Å². The highest BCUT2D eigenvalue weighted by molar-refractivity contribution is 6.13. The van der Waals surface area contributed by atoms with Gasteiger partial charge in [-0.05, 0) is 62.6 Å². The summed E-state index contributed by atoms with van der Waals surface area (Å²) in [7, 11) is 0. The number of rotatable bonds is 6. The number of carbonyl (C=O) groups excluding carboxylic acids is 1. The number of ether oxygens (including phenoxy) is 1. The number of halogens is 3. The summed E-state index contributed by atoms with van der Waals surface area (Å²) < 4.78 is 49.8.